The van der Waals surface area contributed by atoms with Gasteiger partial charge >= 0.3 is 0 Å². The lowest BCUT2D eigenvalue weighted by molar-refractivity contribution is 0.600. The minimum atomic E-state index is -0.164. The average molecular weight is 233 g/mol. The molecule has 0 aliphatic rings. The van der Waals surface area contributed by atoms with Gasteiger partial charge < -0.3 is 9.88 Å². The lowest BCUT2D eigenvalue weighted by Crippen LogP contribution is -2.08. The Labute approximate surface area is 100 Å². The van der Waals surface area contributed by atoms with Crippen molar-refractivity contribution in [2.45, 2.75) is 13.0 Å². The zero-order chi connectivity index (χ0) is 12.3. The van der Waals surface area contributed by atoms with Gasteiger partial charge in [0.05, 0.1) is 0 Å². The van der Waals surface area contributed by atoms with Crippen LogP contribution in [0.4, 0.5) is 4.39 Å². The molecule has 0 aliphatic carbocycles. The first-order valence-corrected chi connectivity index (χ1v) is 5.59. The number of nitrogens with one attached hydrogen (secondary N) is 1. The van der Waals surface area contributed by atoms with E-state index in [1.165, 1.54) is 6.07 Å². The van der Waals surface area contributed by atoms with Crippen molar-refractivity contribution in [3.63, 3.8) is 0 Å². The summed E-state index contributed by atoms with van der Waals surface area (Å²) in [5, 5.41) is 2.96. The average Bonchev–Trinajstić information content (AvgIpc) is 2.70. The van der Waals surface area contributed by atoms with Crippen LogP contribution in [0.2, 0.25) is 0 Å². The molecule has 0 atom stereocenters. The molecule has 4 heteroatoms. The predicted molar refractivity (Wildman–Crippen MR) is 65.2 cm³/mol. The molecule has 1 N–H and O–H groups in total. The number of hydrogen-bond donors (Lipinski definition) is 1. The number of nitrogens with zero attached hydrogens (tertiary/aromatic N) is 2. The maximum Gasteiger partial charge on any atom is 0.127 e. The van der Waals surface area contributed by atoms with Gasteiger partial charge in [-0.25, -0.2) is 9.37 Å². The molecule has 2 aromatic rings. The Hall–Kier alpha value is -1.68. The van der Waals surface area contributed by atoms with Crippen LogP contribution in [0.1, 0.15) is 17.0 Å². The molecule has 0 bridgehead atoms. The molecule has 17 heavy (non-hydrogen) atoms. The van der Waals surface area contributed by atoms with Gasteiger partial charge in [-0.15, -0.1) is 0 Å². The third-order valence-corrected chi connectivity index (χ3v) is 2.76. The summed E-state index contributed by atoms with van der Waals surface area (Å²) < 4.78 is 15.4. The summed E-state index contributed by atoms with van der Waals surface area (Å²) in [6.45, 7) is 0.542. The van der Waals surface area contributed by atoms with E-state index >= 15 is 0 Å². The van der Waals surface area contributed by atoms with Crippen molar-refractivity contribution in [2.24, 2.45) is 7.05 Å². The number of aromatic nitrogens is 2. The second-order valence-corrected chi connectivity index (χ2v) is 4.09. The van der Waals surface area contributed by atoms with Gasteiger partial charge in [-0.05, 0) is 18.7 Å². The SMILES string of the molecule is CNCc1cc(Cc2nccn2C)ccc1F. The van der Waals surface area contributed by atoms with Crippen LogP contribution < -0.4 is 5.32 Å². The molecule has 0 saturated heterocycles. The third-order valence-electron chi connectivity index (χ3n) is 2.76. The summed E-state index contributed by atoms with van der Waals surface area (Å²) in [5.74, 6) is 0.815. The zero-order valence-electron chi connectivity index (χ0n) is 10.1. The zero-order valence-corrected chi connectivity index (χ0v) is 10.1. The van der Waals surface area contributed by atoms with Crippen LogP contribution in [0, 0.1) is 5.82 Å². The Morgan fingerprint density at radius 3 is 2.88 bits per heavy atom. The number of benzene rings is 1. The van der Waals surface area contributed by atoms with Crippen LogP contribution >= 0.6 is 0 Å². The number of imidazole rings is 1. The minimum Gasteiger partial charge on any atom is -0.338 e. The summed E-state index contributed by atoms with van der Waals surface area (Å²) >= 11 is 0. The molecule has 0 aliphatic heterocycles. The highest BCUT2D eigenvalue weighted by Gasteiger charge is 2.05. The van der Waals surface area contributed by atoms with Gasteiger partial charge in [0.2, 0.25) is 0 Å². The molecule has 0 amide bonds. The molecular formula is C13H16FN3. The fourth-order valence-electron chi connectivity index (χ4n) is 1.81. The van der Waals surface area contributed by atoms with Gasteiger partial charge in [-0.3, -0.25) is 0 Å². The van der Waals surface area contributed by atoms with E-state index in [2.05, 4.69) is 10.3 Å². The van der Waals surface area contributed by atoms with Crippen LogP contribution in [0.15, 0.2) is 30.6 Å². The van der Waals surface area contributed by atoms with E-state index in [0.29, 0.717) is 12.1 Å². The summed E-state index contributed by atoms with van der Waals surface area (Å²) in [7, 11) is 3.77. The normalized spacial score (nSPS) is 10.8. The molecule has 1 aromatic heterocycles. The van der Waals surface area contributed by atoms with Crippen molar-refractivity contribution < 1.29 is 4.39 Å². The maximum absolute atomic E-state index is 13.5. The molecule has 1 aromatic carbocycles. The van der Waals surface area contributed by atoms with Crippen molar-refractivity contribution >= 4 is 0 Å². The first-order chi connectivity index (χ1) is 8.20. The van der Waals surface area contributed by atoms with Gasteiger partial charge in [0.25, 0.3) is 0 Å². The van der Waals surface area contributed by atoms with E-state index in [-0.39, 0.29) is 5.82 Å². The van der Waals surface area contributed by atoms with Gasteiger partial charge in [0.1, 0.15) is 11.6 Å². The van der Waals surface area contributed by atoms with Crippen LogP contribution in [0.3, 0.4) is 0 Å². The quantitative estimate of drug-likeness (QED) is 0.873. The Morgan fingerprint density at radius 1 is 1.41 bits per heavy atom. The van der Waals surface area contributed by atoms with E-state index in [1.54, 1.807) is 6.20 Å². The first-order valence-electron chi connectivity index (χ1n) is 5.59. The molecule has 3 nitrogen and oxygen atoms in total. The van der Waals surface area contributed by atoms with E-state index in [9.17, 15) is 4.39 Å². The summed E-state index contributed by atoms with van der Waals surface area (Å²) in [4.78, 5) is 4.26. The summed E-state index contributed by atoms with van der Waals surface area (Å²) in [6.07, 6.45) is 4.40. The standard InChI is InChI=1S/C13H16FN3/c1-15-9-11-7-10(3-4-12(11)14)8-13-16-5-6-17(13)2/h3-7,15H,8-9H2,1-2H3. The minimum absolute atomic E-state index is 0.164. The number of halogens is 1. The molecule has 2 rings (SSSR count). The predicted octanol–water partition coefficient (Wildman–Crippen LogP) is 1.87. The fourth-order valence-corrected chi connectivity index (χ4v) is 1.81. The Kier molecular flexibility index (Phi) is 3.54. The second kappa shape index (κ2) is 5.10. The number of aryl methyl sites for hydroxylation is 1. The third kappa shape index (κ3) is 2.71. The second-order valence-electron chi connectivity index (χ2n) is 4.09. The molecule has 0 saturated carbocycles. The van der Waals surface area contributed by atoms with Crippen molar-refractivity contribution in [3.8, 4) is 0 Å². The number of rotatable bonds is 4. The van der Waals surface area contributed by atoms with Crippen molar-refractivity contribution in [1.82, 2.24) is 14.9 Å². The van der Waals surface area contributed by atoms with Crippen LogP contribution in [0.25, 0.3) is 0 Å². The van der Waals surface area contributed by atoms with Gasteiger partial charge in [0, 0.05) is 38.0 Å². The monoisotopic (exact) mass is 233 g/mol. The molecule has 1 heterocycles. The van der Waals surface area contributed by atoms with Crippen LogP contribution in [-0.4, -0.2) is 16.6 Å². The van der Waals surface area contributed by atoms with E-state index in [0.717, 1.165) is 17.8 Å². The fraction of sp³-hybridized carbons (Fsp3) is 0.308. The van der Waals surface area contributed by atoms with Crippen LogP contribution in [-0.2, 0) is 20.0 Å². The lowest BCUT2D eigenvalue weighted by atomic mass is 10.1. The van der Waals surface area contributed by atoms with Crippen molar-refractivity contribution in [1.29, 1.82) is 0 Å². The lowest BCUT2D eigenvalue weighted by Gasteiger charge is -2.06. The highest BCUT2D eigenvalue weighted by atomic mass is 19.1. The topological polar surface area (TPSA) is 29.9 Å². The summed E-state index contributed by atoms with van der Waals surface area (Å²) in [5.41, 5.74) is 1.77. The molecule has 0 spiro atoms. The van der Waals surface area contributed by atoms with E-state index in [4.69, 9.17) is 0 Å². The van der Waals surface area contributed by atoms with Gasteiger partial charge in [-0.1, -0.05) is 12.1 Å². The number of hydrogen-bond acceptors (Lipinski definition) is 2. The maximum atomic E-state index is 13.5. The van der Waals surface area contributed by atoms with E-state index < -0.39 is 0 Å². The van der Waals surface area contributed by atoms with Crippen molar-refractivity contribution in [2.75, 3.05) is 7.05 Å². The molecule has 90 valence electrons. The van der Waals surface area contributed by atoms with Gasteiger partial charge in [-0.2, -0.15) is 0 Å². The molecular weight excluding hydrogens is 217 g/mol. The smallest absolute Gasteiger partial charge is 0.127 e. The van der Waals surface area contributed by atoms with Crippen molar-refractivity contribution in [3.05, 3.63) is 53.4 Å². The van der Waals surface area contributed by atoms with E-state index in [1.807, 2.05) is 37.0 Å². The highest BCUT2D eigenvalue weighted by molar-refractivity contribution is 5.27. The van der Waals surface area contributed by atoms with Crippen LogP contribution in [0.5, 0.6) is 0 Å². The van der Waals surface area contributed by atoms with Gasteiger partial charge in [0.15, 0.2) is 0 Å². The Bertz CT molecular complexity index is 505. The first kappa shape index (κ1) is 11.8. The largest absolute Gasteiger partial charge is 0.338 e. The Morgan fingerprint density at radius 2 is 2.24 bits per heavy atom. The molecule has 0 unspecified atom stereocenters. The molecule has 0 radical (unpaired) electrons. The molecule has 0 fully saturated rings. The highest BCUT2D eigenvalue weighted by Crippen LogP contribution is 2.13. The summed E-state index contributed by atoms with van der Waals surface area (Å²) in [6, 6.07) is 5.22. The Balaban J connectivity index is 2.22.